The SMILES string of the molecule is CC(C)N(C)CCc1c[nH]c2cccc(OCc3cscn3)c12. The molecule has 5 heteroatoms. The third kappa shape index (κ3) is 3.74. The molecule has 1 aromatic carbocycles. The molecule has 0 spiro atoms. The Hall–Kier alpha value is -1.85. The number of hydrogen-bond donors (Lipinski definition) is 1. The fourth-order valence-corrected chi connectivity index (χ4v) is 3.10. The standard InChI is InChI=1S/C18H23N3OS/c1-13(2)21(3)8-7-14-9-19-16-5-4-6-17(18(14)16)22-10-15-11-23-12-20-15/h4-6,9,11-13,19H,7-8,10H2,1-3H3. The lowest BCUT2D eigenvalue weighted by molar-refractivity contribution is 0.277. The summed E-state index contributed by atoms with van der Waals surface area (Å²) >= 11 is 1.59. The van der Waals surface area contributed by atoms with Crippen LogP contribution in [0, 0.1) is 0 Å². The molecule has 23 heavy (non-hydrogen) atoms. The summed E-state index contributed by atoms with van der Waals surface area (Å²) < 4.78 is 6.03. The predicted molar refractivity (Wildman–Crippen MR) is 96.2 cm³/mol. The Morgan fingerprint density at radius 3 is 2.96 bits per heavy atom. The molecule has 0 fully saturated rings. The predicted octanol–water partition coefficient (Wildman–Crippen LogP) is 4.09. The zero-order valence-corrected chi connectivity index (χ0v) is 14.7. The van der Waals surface area contributed by atoms with Crippen LogP contribution in [0.3, 0.4) is 0 Å². The van der Waals surface area contributed by atoms with Gasteiger partial charge in [-0.2, -0.15) is 0 Å². The van der Waals surface area contributed by atoms with Gasteiger partial charge < -0.3 is 14.6 Å². The van der Waals surface area contributed by atoms with Crippen LogP contribution < -0.4 is 4.74 Å². The third-order valence-electron chi connectivity index (χ3n) is 4.22. The Bertz CT molecular complexity index is 749. The maximum Gasteiger partial charge on any atom is 0.131 e. The van der Waals surface area contributed by atoms with E-state index in [-0.39, 0.29) is 0 Å². The van der Waals surface area contributed by atoms with Gasteiger partial charge in [0.1, 0.15) is 12.4 Å². The van der Waals surface area contributed by atoms with Gasteiger partial charge in [-0.1, -0.05) is 6.07 Å². The molecule has 0 saturated heterocycles. The molecule has 3 rings (SSSR count). The van der Waals surface area contributed by atoms with Crippen molar-refractivity contribution in [2.45, 2.75) is 32.9 Å². The van der Waals surface area contributed by atoms with Crippen LogP contribution >= 0.6 is 11.3 Å². The summed E-state index contributed by atoms with van der Waals surface area (Å²) in [7, 11) is 2.17. The van der Waals surface area contributed by atoms with Gasteiger partial charge in [-0.25, -0.2) is 4.98 Å². The first-order valence-corrected chi connectivity index (χ1v) is 8.88. The zero-order chi connectivity index (χ0) is 16.2. The number of likely N-dealkylation sites (N-methyl/N-ethyl adjacent to an activating group) is 1. The number of H-pyrrole nitrogens is 1. The van der Waals surface area contributed by atoms with Crippen LogP contribution in [0.5, 0.6) is 5.75 Å². The first-order chi connectivity index (χ1) is 11.1. The number of nitrogens with zero attached hydrogens (tertiary/aromatic N) is 2. The quantitative estimate of drug-likeness (QED) is 0.710. The van der Waals surface area contributed by atoms with Crippen molar-refractivity contribution in [2.75, 3.05) is 13.6 Å². The molecule has 0 unspecified atom stereocenters. The van der Waals surface area contributed by atoms with Crippen LogP contribution in [-0.2, 0) is 13.0 Å². The smallest absolute Gasteiger partial charge is 0.131 e. The van der Waals surface area contributed by atoms with Crippen LogP contribution in [0.4, 0.5) is 0 Å². The highest BCUT2D eigenvalue weighted by molar-refractivity contribution is 7.07. The monoisotopic (exact) mass is 329 g/mol. The highest BCUT2D eigenvalue weighted by Crippen LogP contribution is 2.30. The molecule has 122 valence electrons. The van der Waals surface area contributed by atoms with Crippen molar-refractivity contribution in [1.29, 1.82) is 0 Å². The van der Waals surface area contributed by atoms with Gasteiger partial charge in [-0.3, -0.25) is 0 Å². The van der Waals surface area contributed by atoms with Gasteiger partial charge in [0, 0.05) is 35.1 Å². The number of hydrogen-bond acceptors (Lipinski definition) is 4. The van der Waals surface area contributed by atoms with Crippen molar-refractivity contribution >= 4 is 22.2 Å². The molecule has 4 nitrogen and oxygen atoms in total. The van der Waals surface area contributed by atoms with E-state index in [1.165, 1.54) is 10.9 Å². The summed E-state index contributed by atoms with van der Waals surface area (Å²) in [6.45, 7) is 5.99. The van der Waals surface area contributed by atoms with E-state index in [2.05, 4.69) is 48.0 Å². The molecular formula is C18H23N3OS. The number of rotatable bonds is 7. The summed E-state index contributed by atoms with van der Waals surface area (Å²) in [6.07, 6.45) is 3.11. The Morgan fingerprint density at radius 1 is 1.35 bits per heavy atom. The van der Waals surface area contributed by atoms with Crippen LogP contribution in [0.1, 0.15) is 25.1 Å². The van der Waals surface area contributed by atoms with E-state index >= 15 is 0 Å². The molecule has 3 aromatic rings. The van der Waals surface area contributed by atoms with E-state index in [0.29, 0.717) is 12.6 Å². The lowest BCUT2D eigenvalue weighted by atomic mass is 10.1. The van der Waals surface area contributed by atoms with Gasteiger partial charge in [0.2, 0.25) is 0 Å². The summed E-state index contributed by atoms with van der Waals surface area (Å²) in [6, 6.07) is 6.72. The zero-order valence-electron chi connectivity index (χ0n) is 13.9. The minimum atomic E-state index is 0.513. The molecule has 0 saturated carbocycles. The van der Waals surface area contributed by atoms with Crippen molar-refractivity contribution < 1.29 is 4.74 Å². The molecular weight excluding hydrogens is 306 g/mol. The Balaban J connectivity index is 1.79. The van der Waals surface area contributed by atoms with E-state index in [1.54, 1.807) is 11.3 Å². The Morgan fingerprint density at radius 2 is 2.22 bits per heavy atom. The first kappa shape index (κ1) is 16.0. The second kappa shape index (κ2) is 7.15. The van der Waals surface area contributed by atoms with Gasteiger partial charge in [-0.05, 0) is 45.0 Å². The molecule has 0 atom stereocenters. The van der Waals surface area contributed by atoms with Crippen molar-refractivity contribution in [2.24, 2.45) is 0 Å². The number of fused-ring (bicyclic) bond motifs is 1. The van der Waals surface area contributed by atoms with Crippen LogP contribution in [-0.4, -0.2) is 34.5 Å². The number of thiazole rings is 1. The second-order valence-electron chi connectivity index (χ2n) is 6.09. The van der Waals surface area contributed by atoms with Crippen LogP contribution in [0.25, 0.3) is 10.9 Å². The lowest BCUT2D eigenvalue weighted by Crippen LogP contribution is -2.28. The average molecular weight is 329 g/mol. The summed E-state index contributed by atoms with van der Waals surface area (Å²) in [5, 5.41) is 3.22. The Labute approximate surface area is 141 Å². The normalized spacial score (nSPS) is 11.7. The van der Waals surface area contributed by atoms with Crippen molar-refractivity contribution in [3.05, 3.63) is 46.5 Å². The number of ether oxygens (including phenoxy) is 1. The molecule has 0 aliphatic carbocycles. The van der Waals surface area contributed by atoms with E-state index < -0.39 is 0 Å². The highest BCUT2D eigenvalue weighted by atomic mass is 32.1. The van der Waals surface area contributed by atoms with Gasteiger partial charge in [-0.15, -0.1) is 11.3 Å². The van der Waals surface area contributed by atoms with Gasteiger partial charge in [0.05, 0.1) is 11.2 Å². The van der Waals surface area contributed by atoms with E-state index in [1.807, 2.05) is 23.0 Å². The number of aromatic nitrogens is 2. The molecule has 1 N–H and O–H groups in total. The van der Waals surface area contributed by atoms with Crippen LogP contribution in [0.2, 0.25) is 0 Å². The fraction of sp³-hybridized carbons (Fsp3) is 0.389. The van der Waals surface area contributed by atoms with E-state index in [4.69, 9.17) is 4.74 Å². The first-order valence-electron chi connectivity index (χ1n) is 7.94. The average Bonchev–Trinajstić information content (AvgIpc) is 3.20. The molecule has 0 radical (unpaired) electrons. The maximum absolute atomic E-state index is 6.03. The number of aromatic amines is 1. The second-order valence-corrected chi connectivity index (χ2v) is 6.80. The molecule has 0 amide bonds. The van der Waals surface area contributed by atoms with Crippen molar-refractivity contribution in [3.8, 4) is 5.75 Å². The summed E-state index contributed by atoms with van der Waals surface area (Å²) in [4.78, 5) is 10.0. The highest BCUT2D eigenvalue weighted by Gasteiger charge is 2.12. The van der Waals surface area contributed by atoms with Gasteiger partial charge in [0.25, 0.3) is 0 Å². The number of nitrogens with one attached hydrogen (secondary N) is 1. The Kier molecular flexibility index (Phi) is 4.98. The number of benzene rings is 1. The van der Waals surface area contributed by atoms with Gasteiger partial charge in [0.15, 0.2) is 0 Å². The van der Waals surface area contributed by atoms with Gasteiger partial charge >= 0.3 is 0 Å². The molecule has 0 aliphatic heterocycles. The summed E-state index contributed by atoms with van der Waals surface area (Å²) in [5.74, 6) is 0.930. The molecule has 0 bridgehead atoms. The van der Waals surface area contributed by atoms with E-state index in [9.17, 15) is 0 Å². The molecule has 2 heterocycles. The molecule has 2 aromatic heterocycles. The van der Waals surface area contributed by atoms with Crippen molar-refractivity contribution in [1.82, 2.24) is 14.9 Å². The topological polar surface area (TPSA) is 41.2 Å². The molecule has 0 aliphatic rings. The fourth-order valence-electron chi connectivity index (χ4n) is 2.55. The summed E-state index contributed by atoms with van der Waals surface area (Å²) in [5.41, 5.74) is 5.25. The minimum Gasteiger partial charge on any atom is -0.487 e. The minimum absolute atomic E-state index is 0.513. The van der Waals surface area contributed by atoms with E-state index in [0.717, 1.165) is 29.9 Å². The maximum atomic E-state index is 6.03. The lowest BCUT2D eigenvalue weighted by Gasteiger charge is -2.20. The largest absolute Gasteiger partial charge is 0.487 e. The third-order valence-corrected chi connectivity index (χ3v) is 4.86. The van der Waals surface area contributed by atoms with Crippen LogP contribution in [0.15, 0.2) is 35.3 Å². The van der Waals surface area contributed by atoms with Crippen molar-refractivity contribution in [3.63, 3.8) is 0 Å².